The Kier molecular flexibility index (Phi) is 5.56. The molecule has 0 unspecified atom stereocenters. The molecule has 5 nitrogen and oxygen atoms in total. The van der Waals surface area contributed by atoms with Gasteiger partial charge in [0.2, 0.25) is 0 Å². The second-order valence-corrected chi connectivity index (χ2v) is 7.22. The van der Waals surface area contributed by atoms with Gasteiger partial charge in [-0.1, -0.05) is 20.8 Å². The molecule has 0 saturated heterocycles. The van der Waals surface area contributed by atoms with Gasteiger partial charge in [-0.3, -0.25) is 4.79 Å². The van der Waals surface area contributed by atoms with Crippen LogP contribution in [0.2, 0.25) is 0 Å². The van der Waals surface area contributed by atoms with Crippen LogP contribution in [0.1, 0.15) is 34.6 Å². The highest BCUT2D eigenvalue weighted by Gasteiger charge is 2.41. The van der Waals surface area contributed by atoms with Crippen molar-refractivity contribution in [2.45, 2.75) is 34.6 Å². The average Bonchev–Trinajstić information content (AvgIpc) is 2.12. The second kappa shape index (κ2) is 5.90. The summed E-state index contributed by atoms with van der Waals surface area (Å²) >= 11 is 0. The quantitative estimate of drug-likeness (QED) is 0.592. The van der Waals surface area contributed by atoms with Crippen LogP contribution in [0, 0.1) is 10.8 Å². The van der Waals surface area contributed by atoms with Gasteiger partial charge >= 0.3 is 11.9 Å². The minimum absolute atomic E-state index is 0.0141. The molecule has 0 aromatic heterocycles. The van der Waals surface area contributed by atoms with Crippen LogP contribution in [0.15, 0.2) is 0 Å². The number of nitrogens with zero attached hydrogens (tertiary/aromatic N) is 1. The summed E-state index contributed by atoms with van der Waals surface area (Å²) in [4.78, 5) is 22.8. The van der Waals surface area contributed by atoms with Crippen LogP contribution in [0.4, 0.5) is 0 Å². The first-order valence-corrected chi connectivity index (χ1v) is 6.51. The van der Waals surface area contributed by atoms with Crippen LogP contribution in [-0.4, -0.2) is 55.3 Å². The lowest BCUT2D eigenvalue weighted by Crippen LogP contribution is -2.47. The third kappa shape index (κ3) is 5.59. The number of ether oxygens (including phenoxy) is 1. The van der Waals surface area contributed by atoms with E-state index in [4.69, 9.17) is 9.84 Å². The maximum atomic E-state index is 12.1. The van der Waals surface area contributed by atoms with Gasteiger partial charge in [0.25, 0.3) is 0 Å². The molecule has 0 rings (SSSR count). The first-order chi connectivity index (χ1) is 8.29. The van der Waals surface area contributed by atoms with Gasteiger partial charge in [0.1, 0.15) is 13.2 Å². The van der Waals surface area contributed by atoms with Crippen LogP contribution in [-0.2, 0) is 14.3 Å². The molecule has 0 atom stereocenters. The van der Waals surface area contributed by atoms with Crippen LogP contribution < -0.4 is 0 Å². The number of carboxylic acids is 1. The summed E-state index contributed by atoms with van der Waals surface area (Å²) < 4.78 is 5.59. The molecule has 0 spiro atoms. The summed E-state index contributed by atoms with van der Waals surface area (Å²) in [5, 5.41) is 8.77. The van der Waals surface area contributed by atoms with E-state index in [2.05, 4.69) is 0 Å². The summed E-state index contributed by atoms with van der Waals surface area (Å²) in [5.41, 5.74) is -0.757. The average molecular weight is 274 g/mol. The van der Waals surface area contributed by atoms with Gasteiger partial charge in [0.15, 0.2) is 6.54 Å². The molecule has 0 aliphatic rings. The number of likely N-dealkylation sites (N-methyl/N-ethyl adjacent to an activating group) is 1. The molecule has 0 bridgehead atoms. The van der Waals surface area contributed by atoms with Gasteiger partial charge in [-0.25, -0.2) is 4.79 Å². The number of quaternary nitrogens is 1. The Morgan fingerprint density at radius 3 is 1.95 bits per heavy atom. The molecule has 0 heterocycles. The Balaban J connectivity index is 4.37. The Morgan fingerprint density at radius 1 is 1.11 bits per heavy atom. The van der Waals surface area contributed by atoms with Crippen LogP contribution in [0.25, 0.3) is 0 Å². The topological polar surface area (TPSA) is 63.6 Å². The third-order valence-electron chi connectivity index (χ3n) is 3.88. The van der Waals surface area contributed by atoms with E-state index in [-0.39, 0.29) is 24.5 Å². The molecule has 0 aromatic carbocycles. The molecule has 0 aliphatic carbocycles. The van der Waals surface area contributed by atoms with E-state index in [0.29, 0.717) is 11.0 Å². The van der Waals surface area contributed by atoms with Crippen molar-refractivity contribution >= 4 is 11.9 Å². The molecule has 0 fully saturated rings. The molecule has 0 amide bonds. The second-order valence-electron chi connectivity index (χ2n) is 7.22. The van der Waals surface area contributed by atoms with E-state index in [0.717, 1.165) is 0 Å². The minimum atomic E-state index is -0.855. The highest BCUT2D eigenvalue weighted by molar-refractivity contribution is 5.76. The fourth-order valence-electron chi connectivity index (χ4n) is 1.32. The number of carboxylic acid groups (broad SMARTS) is 1. The van der Waals surface area contributed by atoms with Crippen molar-refractivity contribution in [1.82, 2.24) is 0 Å². The molecule has 0 aromatic rings. The molecule has 0 aliphatic heterocycles. The maximum absolute atomic E-state index is 12.1. The number of carbonyl (C=O) groups excluding carboxylic acids is 1. The SMILES string of the molecule is CC(C)(C)C(C)(C)C(=O)OCC[N+](C)(C)CC(=O)O. The van der Waals surface area contributed by atoms with E-state index >= 15 is 0 Å². The first-order valence-electron chi connectivity index (χ1n) is 6.51. The number of esters is 1. The van der Waals surface area contributed by atoms with Crippen molar-refractivity contribution in [3.63, 3.8) is 0 Å². The highest BCUT2D eigenvalue weighted by atomic mass is 16.5. The zero-order valence-corrected chi connectivity index (χ0v) is 13.2. The molecule has 0 radical (unpaired) electrons. The fraction of sp³-hybridized carbons (Fsp3) is 0.857. The molecule has 19 heavy (non-hydrogen) atoms. The highest BCUT2D eigenvalue weighted by Crippen LogP contribution is 2.38. The monoisotopic (exact) mass is 274 g/mol. The third-order valence-corrected chi connectivity index (χ3v) is 3.88. The number of carbonyl (C=O) groups is 2. The lowest BCUT2D eigenvalue weighted by molar-refractivity contribution is -0.883. The summed E-state index contributed by atoms with van der Waals surface area (Å²) in [6.45, 7) is 10.5. The Labute approximate surface area is 116 Å². The van der Waals surface area contributed by atoms with Gasteiger partial charge in [-0.05, 0) is 19.3 Å². The largest absolute Gasteiger partial charge is 0.477 e. The zero-order chi connectivity index (χ0) is 15.5. The standard InChI is InChI=1S/C14H27NO4/c1-13(2,3)14(4,5)12(18)19-9-8-15(6,7)10-11(16)17/h8-10H2,1-7H3/p+1. The van der Waals surface area contributed by atoms with Crippen LogP contribution >= 0.6 is 0 Å². The van der Waals surface area contributed by atoms with Gasteiger partial charge < -0.3 is 14.3 Å². The molecule has 0 saturated carbocycles. The summed E-state index contributed by atoms with van der Waals surface area (Å²) in [6, 6.07) is 0. The van der Waals surface area contributed by atoms with E-state index in [1.807, 2.05) is 34.6 Å². The normalized spacial score (nSPS) is 13.2. The van der Waals surface area contributed by atoms with Gasteiger partial charge in [-0.15, -0.1) is 0 Å². The zero-order valence-electron chi connectivity index (χ0n) is 13.2. The van der Waals surface area contributed by atoms with Crippen molar-refractivity contribution in [3.05, 3.63) is 0 Å². The Bertz CT molecular complexity index is 340. The van der Waals surface area contributed by atoms with E-state index in [9.17, 15) is 9.59 Å². The number of rotatable bonds is 6. The molecular weight excluding hydrogens is 246 g/mol. The number of aliphatic carboxylic acids is 1. The lowest BCUT2D eigenvalue weighted by Gasteiger charge is -2.36. The Hall–Kier alpha value is -1.10. The minimum Gasteiger partial charge on any atom is -0.477 e. The predicted molar refractivity (Wildman–Crippen MR) is 73.7 cm³/mol. The smallest absolute Gasteiger partial charge is 0.359 e. The van der Waals surface area contributed by atoms with Gasteiger partial charge in [-0.2, -0.15) is 0 Å². The van der Waals surface area contributed by atoms with E-state index < -0.39 is 11.4 Å². The summed E-state index contributed by atoms with van der Waals surface area (Å²) in [6.07, 6.45) is 0. The lowest BCUT2D eigenvalue weighted by atomic mass is 9.69. The van der Waals surface area contributed by atoms with E-state index in [1.165, 1.54) is 0 Å². The number of hydrogen-bond acceptors (Lipinski definition) is 3. The van der Waals surface area contributed by atoms with Crippen molar-refractivity contribution in [3.8, 4) is 0 Å². The van der Waals surface area contributed by atoms with Crippen LogP contribution in [0.5, 0.6) is 0 Å². The van der Waals surface area contributed by atoms with Gasteiger partial charge in [0.05, 0.1) is 19.5 Å². The molecule has 112 valence electrons. The summed E-state index contributed by atoms with van der Waals surface area (Å²) in [5.74, 6) is -1.10. The van der Waals surface area contributed by atoms with Crippen molar-refractivity contribution in [1.29, 1.82) is 0 Å². The fourth-order valence-corrected chi connectivity index (χ4v) is 1.32. The van der Waals surface area contributed by atoms with Crippen molar-refractivity contribution < 1.29 is 23.9 Å². The van der Waals surface area contributed by atoms with Crippen molar-refractivity contribution in [2.75, 3.05) is 33.8 Å². The predicted octanol–water partition coefficient (Wildman–Crippen LogP) is 1.76. The van der Waals surface area contributed by atoms with Crippen LogP contribution in [0.3, 0.4) is 0 Å². The van der Waals surface area contributed by atoms with Crippen molar-refractivity contribution in [2.24, 2.45) is 10.8 Å². The van der Waals surface area contributed by atoms with Gasteiger partial charge in [0, 0.05) is 0 Å². The summed E-state index contributed by atoms with van der Waals surface area (Å²) in [7, 11) is 3.60. The maximum Gasteiger partial charge on any atom is 0.359 e. The first kappa shape index (κ1) is 17.9. The Morgan fingerprint density at radius 2 is 1.58 bits per heavy atom. The molecule has 1 N–H and O–H groups in total. The molecule has 5 heteroatoms. The molecular formula is C14H28NO4+. The van der Waals surface area contributed by atoms with E-state index in [1.54, 1.807) is 14.1 Å². The number of hydrogen-bond donors (Lipinski definition) is 1.